The van der Waals surface area contributed by atoms with Crippen molar-refractivity contribution >= 4 is 11.6 Å². The zero-order valence-electron chi connectivity index (χ0n) is 15.6. The van der Waals surface area contributed by atoms with Gasteiger partial charge in [0.05, 0.1) is 6.54 Å². The summed E-state index contributed by atoms with van der Waals surface area (Å²) in [6.07, 6.45) is 5.04. The number of rotatable bonds is 5. The maximum absolute atomic E-state index is 6.00. The molecule has 0 N–H and O–H groups in total. The van der Waals surface area contributed by atoms with Gasteiger partial charge in [-0.2, -0.15) is 0 Å². The average molecular weight is 374 g/mol. The van der Waals surface area contributed by atoms with Gasteiger partial charge in [0.25, 0.3) is 0 Å². The van der Waals surface area contributed by atoms with E-state index in [0.717, 1.165) is 42.9 Å². The number of piperidine rings is 1. The molecule has 0 radical (unpaired) electrons. The number of benzene rings is 1. The van der Waals surface area contributed by atoms with Crippen LogP contribution in [-0.4, -0.2) is 50.7 Å². The lowest BCUT2D eigenvalue weighted by atomic mass is 9.96. The van der Waals surface area contributed by atoms with Gasteiger partial charge in [-0.1, -0.05) is 23.7 Å². The van der Waals surface area contributed by atoms with Gasteiger partial charge in [-0.25, -0.2) is 0 Å². The van der Waals surface area contributed by atoms with Crippen LogP contribution in [-0.2, 0) is 20.1 Å². The first-order valence-corrected chi connectivity index (χ1v) is 10.1. The zero-order valence-corrected chi connectivity index (χ0v) is 16.3. The third-order valence-electron chi connectivity index (χ3n) is 5.75. The van der Waals surface area contributed by atoms with Gasteiger partial charge in [-0.15, -0.1) is 10.2 Å². The van der Waals surface area contributed by atoms with Crippen molar-refractivity contribution in [1.82, 2.24) is 24.6 Å². The van der Waals surface area contributed by atoms with Crippen LogP contribution < -0.4 is 0 Å². The fourth-order valence-corrected chi connectivity index (χ4v) is 4.39. The SMILES string of the molecule is Cn1c(CN2CCCC2)nnc1[C@@H]1CCCN(Cc2ccc(Cl)cc2)C1. The van der Waals surface area contributed by atoms with Gasteiger partial charge in [0, 0.05) is 31.1 Å². The van der Waals surface area contributed by atoms with Crippen molar-refractivity contribution in [3.63, 3.8) is 0 Å². The summed E-state index contributed by atoms with van der Waals surface area (Å²) in [6.45, 7) is 6.51. The minimum atomic E-state index is 0.473. The number of aromatic nitrogens is 3. The predicted octanol–water partition coefficient (Wildman–Crippen LogP) is 3.44. The molecule has 1 aromatic carbocycles. The monoisotopic (exact) mass is 373 g/mol. The second-order valence-electron chi connectivity index (χ2n) is 7.72. The van der Waals surface area contributed by atoms with Gasteiger partial charge in [0.1, 0.15) is 11.6 Å². The third-order valence-corrected chi connectivity index (χ3v) is 6.00. The van der Waals surface area contributed by atoms with E-state index in [4.69, 9.17) is 11.6 Å². The largest absolute Gasteiger partial charge is 0.317 e. The topological polar surface area (TPSA) is 37.2 Å². The normalized spacial score (nSPS) is 22.2. The van der Waals surface area contributed by atoms with Crippen molar-refractivity contribution in [3.05, 3.63) is 46.5 Å². The van der Waals surface area contributed by atoms with Crippen molar-refractivity contribution in [2.75, 3.05) is 26.2 Å². The Morgan fingerprint density at radius 1 is 0.962 bits per heavy atom. The van der Waals surface area contributed by atoms with Crippen LogP contribution in [0.15, 0.2) is 24.3 Å². The summed E-state index contributed by atoms with van der Waals surface area (Å²) < 4.78 is 2.24. The smallest absolute Gasteiger partial charge is 0.146 e. The quantitative estimate of drug-likeness (QED) is 0.804. The second-order valence-corrected chi connectivity index (χ2v) is 8.15. The number of nitrogens with zero attached hydrogens (tertiary/aromatic N) is 5. The summed E-state index contributed by atoms with van der Waals surface area (Å²) in [5.74, 6) is 2.73. The molecule has 2 fully saturated rings. The molecule has 0 saturated carbocycles. The first-order chi connectivity index (χ1) is 12.7. The molecule has 0 amide bonds. The summed E-state index contributed by atoms with van der Waals surface area (Å²) in [4.78, 5) is 5.02. The molecule has 3 heterocycles. The molecule has 5 nitrogen and oxygen atoms in total. The van der Waals surface area contributed by atoms with Crippen molar-refractivity contribution in [1.29, 1.82) is 0 Å². The Hall–Kier alpha value is -1.43. The van der Waals surface area contributed by atoms with Crippen LogP contribution in [0.1, 0.15) is 48.8 Å². The van der Waals surface area contributed by atoms with Crippen LogP contribution >= 0.6 is 11.6 Å². The first-order valence-electron chi connectivity index (χ1n) is 9.76. The van der Waals surface area contributed by atoms with Crippen LogP contribution in [0, 0.1) is 0 Å². The van der Waals surface area contributed by atoms with Crippen molar-refractivity contribution in [3.8, 4) is 0 Å². The molecule has 1 aromatic heterocycles. The van der Waals surface area contributed by atoms with E-state index in [2.05, 4.69) is 43.7 Å². The highest BCUT2D eigenvalue weighted by Gasteiger charge is 2.26. The second kappa shape index (κ2) is 8.07. The minimum Gasteiger partial charge on any atom is -0.317 e. The van der Waals surface area contributed by atoms with E-state index in [1.165, 1.54) is 44.3 Å². The van der Waals surface area contributed by atoms with Gasteiger partial charge in [-0.05, 0) is 63.0 Å². The molecular formula is C20H28ClN5. The highest BCUT2D eigenvalue weighted by molar-refractivity contribution is 6.30. The van der Waals surface area contributed by atoms with Crippen LogP contribution in [0.2, 0.25) is 5.02 Å². The van der Waals surface area contributed by atoms with Gasteiger partial charge >= 0.3 is 0 Å². The molecular weight excluding hydrogens is 346 g/mol. The fraction of sp³-hybridized carbons (Fsp3) is 0.600. The summed E-state index contributed by atoms with van der Waals surface area (Å²) in [5, 5.41) is 9.89. The molecule has 2 saturated heterocycles. The third kappa shape index (κ3) is 4.11. The van der Waals surface area contributed by atoms with Crippen LogP contribution in [0.5, 0.6) is 0 Å². The van der Waals surface area contributed by atoms with Gasteiger partial charge < -0.3 is 4.57 Å². The van der Waals surface area contributed by atoms with Gasteiger partial charge in [0.15, 0.2) is 0 Å². The van der Waals surface area contributed by atoms with E-state index in [0.29, 0.717) is 5.92 Å². The van der Waals surface area contributed by atoms with Crippen molar-refractivity contribution in [2.45, 2.75) is 44.7 Å². The lowest BCUT2D eigenvalue weighted by molar-refractivity contribution is 0.195. The summed E-state index contributed by atoms with van der Waals surface area (Å²) in [6, 6.07) is 8.21. The molecule has 2 aliphatic rings. The molecule has 1 atom stereocenters. The zero-order chi connectivity index (χ0) is 17.9. The van der Waals surface area contributed by atoms with E-state index >= 15 is 0 Å². The highest BCUT2D eigenvalue weighted by atomic mass is 35.5. The fourth-order valence-electron chi connectivity index (χ4n) is 4.27. The van der Waals surface area contributed by atoms with E-state index in [1.807, 2.05) is 12.1 Å². The molecule has 140 valence electrons. The molecule has 0 unspecified atom stereocenters. The molecule has 0 aliphatic carbocycles. The maximum atomic E-state index is 6.00. The summed E-state index contributed by atoms with van der Waals surface area (Å²) >= 11 is 6.00. The molecule has 0 spiro atoms. The maximum Gasteiger partial charge on any atom is 0.146 e. The van der Waals surface area contributed by atoms with Crippen LogP contribution in [0.3, 0.4) is 0 Å². The Kier molecular flexibility index (Phi) is 5.57. The molecule has 2 aromatic rings. The van der Waals surface area contributed by atoms with Crippen LogP contribution in [0.4, 0.5) is 0 Å². The number of hydrogen-bond acceptors (Lipinski definition) is 4. The molecule has 6 heteroatoms. The molecule has 2 aliphatic heterocycles. The Morgan fingerprint density at radius 3 is 2.46 bits per heavy atom. The predicted molar refractivity (Wildman–Crippen MR) is 104 cm³/mol. The molecule has 0 bridgehead atoms. The van der Waals surface area contributed by atoms with Gasteiger partial charge in [-0.3, -0.25) is 9.80 Å². The first kappa shape index (κ1) is 18.0. The lowest BCUT2D eigenvalue weighted by Gasteiger charge is -2.32. The standard InChI is InChI=1S/C20H28ClN5/c1-24-19(15-25-10-2-3-11-25)22-23-20(24)17-5-4-12-26(14-17)13-16-6-8-18(21)9-7-16/h6-9,17H,2-5,10-15H2,1H3/t17-/m1/s1. The Labute approximate surface area is 161 Å². The molecule has 26 heavy (non-hydrogen) atoms. The summed E-state index contributed by atoms with van der Waals surface area (Å²) in [7, 11) is 2.14. The van der Waals surface area contributed by atoms with E-state index in [9.17, 15) is 0 Å². The summed E-state index contributed by atoms with van der Waals surface area (Å²) in [5.41, 5.74) is 1.32. The van der Waals surface area contributed by atoms with E-state index < -0.39 is 0 Å². The lowest BCUT2D eigenvalue weighted by Crippen LogP contribution is -2.35. The average Bonchev–Trinajstić information content (AvgIpc) is 3.28. The number of hydrogen-bond donors (Lipinski definition) is 0. The van der Waals surface area contributed by atoms with Crippen molar-refractivity contribution < 1.29 is 0 Å². The Balaban J connectivity index is 1.41. The van der Waals surface area contributed by atoms with Crippen molar-refractivity contribution in [2.24, 2.45) is 7.05 Å². The van der Waals surface area contributed by atoms with Crippen LogP contribution in [0.25, 0.3) is 0 Å². The van der Waals surface area contributed by atoms with Gasteiger partial charge in [0.2, 0.25) is 0 Å². The molecule has 4 rings (SSSR count). The van der Waals surface area contributed by atoms with E-state index in [1.54, 1.807) is 0 Å². The number of halogens is 1. The Morgan fingerprint density at radius 2 is 1.69 bits per heavy atom. The van der Waals surface area contributed by atoms with E-state index in [-0.39, 0.29) is 0 Å². The Bertz CT molecular complexity index is 720. The number of likely N-dealkylation sites (tertiary alicyclic amines) is 2. The minimum absolute atomic E-state index is 0.473. The highest BCUT2D eigenvalue weighted by Crippen LogP contribution is 2.27.